The number of hydrogen-bond donors (Lipinski definition) is 2. The van der Waals surface area contributed by atoms with Crippen molar-refractivity contribution in [1.82, 2.24) is 0 Å². The van der Waals surface area contributed by atoms with E-state index in [-0.39, 0.29) is 6.61 Å². The van der Waals surface area contributed by atoms with Crippen molar-refractivity contribution in [3.63, 3.8) is 0 Å². The van der Waals surface area contributed by atoms with Gasteiger partial charge in [-0.05, 0) is 6.92 Å². The minimum Gasteiger partial charge on any atom is -0.447 e. The molecule has 4 heteroatoms. The fraction of sp³-hybridized carbons (Fsp3) is 0.750. The SMILES string of the molecule is C[C@H](O)COC(N)=O. The number of carbonyl (C=O) groups excluding carboxylic acids is 1. The number of carbonyl (C=O) groups is 1. The second kappa shape index (κ2) is 3.26. The largest absolute Gasteiger partial charge is 0.447 e. The number of hydrogen-bond acceptors (Lipinski definition) is 3. The smallest absolute Gasteiger partial charge is 0.404 e. The van der Waals surface area contributed by atoms with Gasteiger partial charge in [-0.3, -0.25) is 0 Å². The van der Waals surface area contributed by atoms with Crippen molar-refractivity contribution in [2.45, 2.75) is 13.0 Å². The van der Waals surface area contributed by atoms with Crippen LogP contribution in [0.25, 0.3) is 0 Å². The quantitative estimate of drug-likeness (QED) is 0.512. The number of amides is 1. The standard InChI is InChI=1S/C4H9NO3/c1-3(6)2-8-4(5)7/h3,6H,2H2,1H3,(H2,5,7)/t3-/m0/s1. The number of ether oxygens (including phenoxy) is 1. The van der Waals surface area contributed by atoms with Crippen LogP contribution in [0.1, 0.15) is 6.92 Å². The Balaban J connectivity index is 3.05. The molecule has 1 atom stereocenters. The van der Waals surface area contributed by atoms with Crippen LogP contribution in [0.3, 0.4) is 0 Å². The van der Waals surface area contributed by atoms with Crippen molar-refractivity contribution in [3.8, 4) is 0 Å². The third-order valence-electron chi connectivity index (χ3n) is 0.467. The van der Waals surface area contributed by atoms with E-state index in [0.717, 1.165) is 0 Å². The summed E-state index contributed by atoms with van der Waals surface area (Å²) in [5.41, 5.74) is 4.57. The summed E-state index contributed by atoms with van der Waals surface area (Å²) in [7, 11) is 0. The Labute approximate surface area is 47.2 Å². The van der Waals surface area contributed by atoms with E-state index < -0.39 is 12.2 Å². The third-order valence-corrected chi connectivity index (χ3v) is 0.467. The van der Waals surface area contributed by atoms with Gasteiger partial charge in [-0.2, -0.15) is 0 Å². The number of rotatable bonds is 2. The maximum absolute atomic E-state index is 9.79. The van der Waals surface area contributed by atoms with Crippen molar-refractivity contribution in [3.05, 3.63) is 0 Å². The fourth-order valence-electron chi connectivity index (χ4n) is 0.203. The summed E-state index contributed by atoms with van der Waals surface area (Å²) in [6, 6.07) is 0. The molecule has 0 aliphatic rings. The van der Waals surface area contributed by atoms with E-state index in [2.05, 4.69) is 10.5 Å². The fourth-order valence-corrected chi connectivity index (χ4v) is 0.203. The zero-order valence-corrected chi connectivity index (χ0v) is 4.63. The first-order valence-corrected chi connectivity index (χ1v) is 2.23. The summed E-state index contributed by atoms with van der Waals surface area (Å²) in [5.74, 6) is 0. The summed E-state index contributed by atoms with van der Waals surface area (Å²) >= 11 is 0. The molecule has 0 aliphatic heterocycles. The molecular formula is C4H9NO3. The molecule has 0 aromatic rings. The van der Waals surface area contributed by atoms with Gasteiger partial charge in [0.05, 0.1) is 6.10 Å². The molecule has 8 heavy (non-hydrogen) atoms. The van der Waals surface area contributed by atoms with Gasteiger partial charge >= 0.3 is 6.09 Å². The van der Waals surface area contributed by atoms with Crippen molar-refractivity contribution < 1.29 is 14.6 Å². The lowest BCUT2D eigenvalue weighted by atomic mass is 10.5. The van der Waals surface area contributed by atoms with Crippen LogP contribution in [-0.4, -0.2) is 23.9 Å². The second-order valence-corrected chi connectivity index (χ2v) is 1.48. The highest BCUT2D eigenvalue weighted by Gasteiger charge is 1.96. The molecule has 0 spiro atoms. The van der Waals surface area contributed by atoms with Crippen LogP contribution >= 0.6 is 0 Å². The summed E-state index contributed by atoms with van der Waals surface area (Å²) in [5, 5.41) is 8.47. The summed E-state index contributed by atoms with van der Waals surface area (Å²) in [4.78, 5) is 9.79. The Kier molecular flexibility index (Phi) is 2.95. The molecule has 4 nitrogen and oxygen atoms in total. The Morgan fingerprint density at radius 1 is 2.00 bits per heavy atom. The molecule has 0 bridgehead atoms. The van der Waals surface area contributed by atoms with E-state index in [9.17, 15) is 4.79 Å². The van der Waals surface area contributed by atoms with Gasteiger partial charge in [-0.15, -0.1) is 0 Å². The molecule has 3 N–H and O–H groups in total. The Bertz CT molecular complexity index is 81.4. The van der Waals surface area contributed by atoms with Crippen molar-refractivity contribution in [2.24, 2.45) is 5.73 Å². The van der Waals surface area contributed by atoms with E-state index in [1.165, 1.54) is 6.92 Å². The lowest BCUT2D eigenvalue weighted by molar-refractivity contribution is 0.0833. The molecule has 48 valence electrons. The van der Waals surface area contributed by atoms with Crippen LogP contribution in [0.4, 0.5) is 4.79 Å². The summed E-state index contributed by atoms with van der Waals surface area (Å²) in [6.07, 6.45) is -1.49. The number of primary amides is 1. The maximum Gasteiger partial charge on any atom is 0.404 e. The zero-order valence-electron chi connectivity index (χ0n) is 4.63. The van der Waals surface area contributed by atoms with Gasteiger partial charge in [0.25, 0.3) is 0 Å². The van der Waals surface area contributed by atoms with E-state index in [4.69, 9.17) is 5.11 Å². The third kappa shape index (κ3) is 5.23. The molecular weight excluding hydrogens is 110 g/mol. The average molecular weight is 119 g/mol. The Morgan fingerprint density at radius 2 is 2.50 bits per heavy atom. The number of aliphatic hydroxyl groups is 1. The highest BCUT2D eigenvalue weighted by molar-refractivity contribution is 5.64. The van der Waals surface area contributed by atoms with Crippen LogP contribution < -0.4 is 5.73 Å². The highest BCUT2D eigenvalue weighted by Crippen LogP contribution is 1.80. The maximum atomic E-state index is 9.79. The molecule has 1 amide bonds. The molecule has 0 rings (SSSR count). The van der Waals surface area contributed by atoms with Gasteiger partial charge < -0.3 is 15.6 Å². The predicted octanol–water partition coefficient (Wildman–Crippen LogP) is -0.537. The van der Waals surface area contributed by atoms with Crippen LogP contribution in [-0.2, 0) is 4.74 Å². The van der Waals surface area contributed by atoms with Gasteiger partial charge in [0.1, 0.15) is 6.61 Å². The van der Waals surface area contributed by atoms with Crippen molar-refractivity contribution >= 4 is 6.09 Å². The first kappa shape index (κ1) is 7.23. The lowest BCUT2D eigenvalue weighted by Crippen LogP contribution is -2.19. The van der Waals surface area contributed by atoms with Gasteiger partial charge in [0, 0.05) is 0 Å². The molecule has 0 radical (unpaired) electrons. The van der Waals surface area contributed by atoms with Crippen LogP contribution in [0.15, 0.2) is 0 Å². The topological polar surface area (TPSA) is 72.6 Å². The molecule has 0 heterocycles. The minimum absolute atomic E-state index is 0.0324. The van der Waals surface area contributed by atoms with E-state index in [1.54, 1.807) is 0 Å². The minimum atomic E-state index is -0.856. The monoisotopic (exact) mass is 119 g/mol. The second-order valence-electron chi connectivity index (χ2n) is 1.48. The molecule has 0 saturated heterocycles. The van der Waals surface area contributed by atoms with Gasteiger partial charge in [0.15, 0.2) is 0 Å². The Hall–Kier alpha value is -0.770. The number of aliphatic hydroxyl groups excluding tert-OH is 1. The summed E-state index contributed by atoms with van der Waals surface area (Å²) in [6.45, 7) is 1.47. The van der Waals surface area contributed by atoms with Gasteiger partial charge in [-0.25, -0.2) is 4.79 Å². The van der Waals surface area contributed by atoms with Crippen molar-refractivity contribution in [2.75, 3.05) is 6.61 Å². The molecule has 0 aliphatic carbocycles. The van der Waals surface area contributed by atoms with E-state index in [0.29, 0.717) is 0 Å². The first-order chi connectivity index (χ1) is 3.63. The zero-order chi connectivity index (χ0) is 6.57. The van der Waals surface area contributed by atoms with Gasteiger partial charge in [0.2, 0.25) is 0 Å². The van der Waals surface area contributed by atoms with Crippen LogP contribution in [0, 0.1) is 0 Å². The van der Waals surface area contributed by atoms with Gasteiger partial charge in [-0.1, -0.05) is 0 Å². The van der Waals surface area contributed by atoms with Crippen molar-refractivity contribution in [1.29, 1.82) is 0 Å². The first-order valence-electron chi connectivity index (χ1n) is 2.23. The molecule has 0 aromatic heterocycles. The molecule has 0 aromatic carbocycles. The molecule has 0 fully saturated rings. The predicted molar refractivity (Wildman–Crippen MR) is 27.2 cm³/mol. The molecule has 0 saturated carbocycles. The Morgan fingerprint density at radius 3 is 2.62 bits per heavy atom. The highest BCUT2D eigenvalue weighted by atomic mass is 16.6. The normalized spacial score (nSPS) is 12.8. The average Bonchev–Trinajstić information content (AvgIpc) is 1.61. The molecule has 0 unspecified atom stereocenters. The summed E-state index contributed by atoms with van der Waals surface area (Å²) < 4.78 is 4.19. The van der Waals surface area contributed by atoms with Crippen LogP contribution in [0.5, 0.6) is 0 Å². The van der Waals surface area contributed by atoms with Crippen LogP contribution in [0.2, 0.25) is 0 Å². The number of nitrogens with two attached hydrogens (primary N) is 1. The van der Waals surface area contributed by atoms with E-state index in [1.807, 2.05) is 0 Å². The van der Waals surface area contributed by atoms with E-state index >= 15 is 0 Å². The lowest BCUT2D eigenvalue weighted by Gasteiger charge is -2.01.